The lowest BCUT2D eigenvalue weighted by Gasteiger charge is -2.15. The summed E-state index contributed by atoms with van der Waals surface area (Å²) in [5.74, 6) is 5.89. The van der Waals surface area contributed by atoms with E-state index in [1.165, 1.54) is 12.1 Å². The monoisotopic (exact) mass is 426 g/mol. The number of ether oxygens (including phenoxy) is 1. The number of carbonyl (C=O) groups is 1. The number of rotatable bonds is 4. The van der Waals surface area contributed by atoms with Crippen LogP contribution in [0.2, 0.25) is 0 Å². The van der Waals surface area contributed by atoms with Gasteiger partial charge >= 0.3 is 6.18 Å². The van der Waals surface area contributed by atoms with Gasteiger partial charge in [-0.2, -0.15) is 13.2 Å². The van der Waals surface area contributed by atoms with Crippen molar-refractivity contribution in [1.82, 2.24) is 19.9 Å². The molecule has 1 aliphatic rings. The van der Waals surface area contributed by atoms with Gasteiger partial charge in [-0.15, -0.1) is 0 Å². The lowest BCUT2D eigenvalue weighted by Crippen LogP contribution is -2.29. The van der Waals surface area contributed by atoms with Crippen LogP contribution in [0.15, 0.2) is 42.6 Å². The molecule has 9 heteroatoms. The Bertz CT molecular complexity index is 1170. The van der Waals surface area contributed by atoms with Crippen molar-refractivity contribution in [2.45, 2.75) is 19.0 Å². The van der Waals surface area contributed by atoms with E-state index >= 15 is 0 Å². The number of nitrogens with zero attached hydrogens (tertiary/aromatic N) is 4. The zero-order valence-corrected chi connectivity index (χ0v) is 16.3. The van der Waals surface area contributed by atoms with Crippen LogP contribution in [0.5, 0.6) is 5.88 Å². The lowest BCUT2D eigenvalue weighted by molar-refractivity contribution is -0.137. The van der Waals surface area contributed by atoms with Crippen LogP contribution in [0.4, 0.5) is 13.2 Å². The third kappa shape index (κ3) is 4.91. The third-order valence-electron chi connectivity index (χ3n) is 4.72. The molecule has 1 aliphatic heterocycles. The number of fused-ring (bicyclic) bond motifs is 1. The highest BCUT2D eigenvalue weighted by atomic mass is 19.4. The third-order valence-corrected chi connectivity index (χ3v) is 4.72. The normalized spacial score (nSPS) is 13.9. The van der Waals surface area contributed by atoms with Gasteiger partial charge in [0.2, 0.25) is 11.8 Å². The first-order chi connectivity index (χ1) is 14.9. The smallest absolute Gasteiger partial charge is 0.416 e. The highest BCUT2D eigenvalue weighted by molar-refractivity contribution is 5.78. The summed E-state index contributed by atoms with van der Waals surface area (Å²) in [5, 5.41) is 0. The number of halogens is 3. The molecular formula is C22H17F3N4O2. The van der Waals surface area contributed by atoms with Crippen molar-refractivity contribution in [1.29, 1.82) is 0 Å². The summed E-state index contributed by atoms with van der Waals surface area (Å²) >= 11 is 0. The fourth-order valence-electron chi connectivity index (χ4n) is 3.13. The molecule has 6 nitrogen and oxygen atoms in total. The summed E-state index contributed by atoms with van der Waals surface area (Å²) in [4.78, 5) is 26.4. The average molecular weight is 426 g/mol. The van der Waals surface area contributed by atoms with Gasteiger partial charge < -0.3 is 9.64 Å². The van der Waals surface area contributed by atoms with Gasteiger partial charge in [-0.1, -0.05) is 5.92 Å². The second kappa shape index (κ2) is 8.60. The van der Waals surface area contributed by atoms with E-state index in [0.29, 0.717) is 36.2 Å². The molecule has 0 N–H and O–H groups in total. The molecule has 0 bridgehead atoms. The summed E-state index contributed by atoms with van der Waals surface area (Å²) in [6, 6.07) is 7.99. The molecule has 0 spiro atoms. The molecule has 0 radical (unpaired) electrons. The van der Waals surface area contributed by atoms with Crippen molar-refractivity contribution >= 4 is 17.1 Å². The standard InChI is InChI=1S/C22H17F3N4O2/c23-22(24,25)16-8-5-15(6-9-16)7-10-18-21(28-17-3-1-11-26-20(17)27-18)31-14-13-29-12-2-4-19(29)30/h1,3,5-6,8-9,11H,2,4,12-14H2. The molecule has 0 aliphatic carbocycles. The fourth-order valence-corrected chi connectivity index (χ4v) is 3.13. The SMILES string of the molecule is O=C1CCCN1CCOc1nc2cccnc2nc1C#Cc1ccc(C(F)(F)F)cc1. The minimum atomic E-state index is -4.40. The number of amides is 1. The molecule has 0 unspecified atom stereocenters. The van der Waals surface area contributed by atoms with Gasteiger partial charge in [0.05, 0.1) is 12.1 Å². The van der Waals surface area contributed by atoms with E-state index in [9.17, 15) is 18.0 Å². The van der Waals surface area contributed by atoms with Crippen molar-refractivity contribution in [2.24, 2.45) is 0 Å². The number of hydrogen-bond acceptors (Lipinski definition) is 5. The van der Waals surface area contributed by atoms with Crippen molar-refractivity contribution < 1.29 is 22.7 Å². The van der Waals surface area contributed by atoms with Crippen LogP contribution in [-0.2, 0) is 11.0 Å². The van der Waals surface area contributed by atoms with Gasteiger partial charge in [-0.3, -0.25) is 4.79 Å². The molecule has 1 fully saturated rings. The van der Waals surface area contributed by atoms with Crippen LogP contribution < -0.4 is 4.74 Å². The number of alkyl halides is 3. The van der Waals surface area contributed by atoms with Crippen LogP contribution in [0.3, 0.4) is 0 Å². The lowest BCUT2D eigenvalue weighted by atomic mass is 10.1. The predicted octanol–water partition coefficient (Wildman–Crippen LogP) is 3.44. The number of aromatic nitrogens is 3. The van der Waals surface area contributed by atoms with Crippen LogP contribution >= 0.6 is 0 Å². The Balaban J connectivity index is 1.58. The Morgan fingerprint density at radius 1 is 1.10 bits per heavy atom. The second-order valence-electron chi connectivity index (χ2n) is 6.88. The van der Waals surface area contributed by atoms with E-state index < -0.39 is 11.7 Å². The molecule has 0 atom stereocenters. The van der Waals surface area contributed by atoms with Crippen molar-refractivity contribution in [3.8, 4) is 17.7 Å². The van der Waals surface area contributed by atoms with Crippen molar-refractivity contribution in [3.05, 3.63) is 59.4 Å². The second-order valence-corrected chi connectivity index (χ2v) is 6.88. The van der Waals surface area contributed by atoms with Crippen molar-refractivity contribution in [2.75, 3.05) is 19.7 Å². The zero-order valence-electron chi connectivity index (χ0n) is 16.3. The molecule has 4 rings (SSSR count). The molecule has 3 aromatic rings. The van der Waals surface area contributed by atoms with Gasteiger partial charge in [-0.25, -0.2) is 15.0 Å². The Kier molecular flexibility index (Phi) is 5.71. The molecule has 3 heterocycles. The topological polar surface area (TPSA) is 68.2 Å². The maximum Gasteiger partial charge on any atom is 0.416 e. The van der Waals surface area contributed by atoms with Crippen LogP contribution in [0.25, 0.3) is 11.2 Å². The first-order valence-electron chi connectivity index (χ1n) is 9.63. The number of benzene rings is 1. The Morgan fingerprint density at radius 2 is 1.90 bits per heavy atom. The molecule has 2 aromatic heterocycles. The van der Waals surface area contributed by atoms with Gasteiger partial charge in [0.25, 0.3) is 0 Å². The van der Waals surface area contributed by atoms with Gasteiger partial charge in [-0.05, 0) is 48.7 Å². The minimum Gasteiger partial charge on any atom is -0.474 e. The van der Waals surface area contributed by atoms with E-state index in [1.807, 2.05) is 0 Å². The van der Waals surface area contributed by atoms with Gasteiger partial charge in [0.15, 0.2) is 11.3 Å². The average Bonchev–Trinajstić information content (AvgIpc) is 3.16. The summed E-state index contributed by atoms with van der Waals surface area (Å²) in [7, 11) is 0. The Labute approximate surface area is 176 Å². The van der Waals surface area contributed by atoms with Crippen molar-refractivity contribution in [3.63, 3.8) is 0 Å². The minimum absolute atomic E-state index is 0.0970. The molecule has 1 amide bonds. The predicted molar refractivity (Wildman–Crippen MR) is 106 cm³/mol. The molecule has 158 valence electrons. The maximum atomic E-state index is 12.7. The maximum absolute atomic E-state index is 12.7. The molecule has 0 saturated carbocycles. The van der Waals surface area contributed by atoms with E-state index in [2.05, 4.69) is 26.8 Å². The summed E-state index contributed by atoms with van der Waals surface area (Å²) in [5.41, 5.74) is 0.771. The van der Waals surface area contributed by atoms with Crippen LogP contribution in [-0.4, -0.2) is 45.5 Å². The van der Waals surface area contributed by atoms with E-state index in [-0.39, 0.29) is 24.1 Å². The summed E-state index contributed by atoms with van der Waals surface area (Å²) in [6.07, 6.45) is -1.45. The number of hydrogen-bond donors (Lipinski definition) is 0. The first-order valence-corrected chi connectivity index (χ1v) is 9.63. The fraction of sp³-hybridized carbons (Fsp3) is 0.273. The highest BCUT2D eigenvalue weighted by Gasteiger charge is 2.29. The molecular weight excluding hydrogens is 409 g/mol. The first kappa shape index (κ1) is 20.6. The summed E-state index contributed by atoms with van der Waals surface area (Å²) < 4.78 is 43.9. The molecule has 1 aromatic carbocycles. The van der Waals surface area contributed by atoms with E-state index in [4.69, 9.17) is 4.74 Å². The van der Waals surface area contributed by atoms with Crippen LogP contribution in [0, 0.1) is 11.8 Å². The largest absolute Gasteiger partial charge is 0.474 e. The Hall–Kier alpha value is -3.67. The molecule has 31 heavy (non-hydrogen) atoms. The summed E-state index contributed by atoms with van der Waals surface area (Å²) in [6.45, 7) is 1.36. The van der Waals surface area contributed by atoms with Crippen LogP contribution in [0.1, 0.15) is 29.7 Å². The Morgan fingerprint density at radius 3 is 2.61 bits per heavy atom. The quantitative estimate of drug-likeness (QED) is 0.598. The van der Waals surface area contributed by atoms with E-state index in [1.54, 1.807) is 23.2 Å². The van der Waals surface area contributed by atoms with Gasteiger partial charge in [0.1, 0.15) is 12.1 Å². The zero-order chi connectivity index (χ0) is 21.8. The molecule has 1 saturated heterocycles. The van der Waals surface area contributed by atoms with Gasteiger partial charge in [0, 0.05) is 24.7 Å². The van der Waals surface area contributed by atoms with E-state index in [0.717, 1.165) is 18.6 Å². The highest BCUT2D eigenvalue weighted by Crippen LogP contribution is 2.29. The number of carbonyl (C=O) groups excluding carboxylic acids is 1. The number of likely N-dealkylation sites (tertiary alicyclic amines) is 1. The number of pyridine rings is 1.